The summed E-state index contributed by atoms with van der Waals surface area (Å²) in [6, 6.07) is 4.15. The summed E-state index contributed by atoms with van der Waals surface area (Å²) in [6.45, 7) is 2.12. The highest BCUT2D eigenvalue weighted by Gasteiger charge is 2.32. The first-order valence-electron chi connectivity index (χ1n) is 8.11. The normalized spacial score (nSPS) is 24.6. The number of rotatable bonds is 3. The highest BCUT2D eigenvalue weighted by Crippen LogP contribution is 2.44. The molecule has 1 unspecified atom stereocenters. The topological polar surface area (TPSA) is 65.7 Å². The lowest BCUT2D eigenvalue weighted by molar-refractivity contribution is 0.133. The van der Waals surface area contributed by atoms with Crippen LogP contribution in [0.3, 0.4) is 0 Å². The maximum absolute atomic E-state index is 10.2. The summed E-state index contributed by atoms with van der Waals surface area (Å²) < 4.78 is 12.5. The second-order valence-corrected chi connectivity index (χ2v) is 7.02. The second kappa shape index (κ2) is 7.56. The molecular formula is C18H21BrN2O3. The van der Waals surface area contributed by atoms with E-state index in [1.807, 2.05) is 18.2 Å². The number of ether oxygens (including phenoxy) is 2. The van der Waals surface area contributed by atoms with Gasteiger partial charge in [0.15, 0.2) is 11.5 Å². The van der Waals surface area contributed by atoms with Gasteiger partial charge in [-0.3, -0.25) is 4.90 Å². The largest absolute Gasteiger partial charge is 0.493 e. The van der Waals surface area contributed by atoms with E-state index < -0.39 is 6.10 Å². The van der Waals surface area contributed by atoms with Gasteiger partial charge in [-0.2, -0.15) is 5.26 Å². The SMILES string of the molecule is COc1cc(Br)c2c3c1OC(C3)C[C@@H](O)/C=C/CN(CCC#N)C2. The molecule has 2 bridgehead atoms. The van der Waals surface area contributed by atoms with Crippen molar-refractivity contribution in [3.05, 3.63) is 33.8 Å². The molecule has 6 heteroatoms. The molecule has 2 atom stereocenters. The summed E-state index contributed by atoms with van der Waals surface area (Å²) in [5, 5.41) is 19.1. The van der Waals surface area contributed by atoms with Crippen molar-refractivity contribution in [3.8, 4) is 17.6 Å². The number of aliphatic hydroxyl groups is 1. The third-order valence-electron chi connectivity index (χ3n) is 4.49. The molecule has 0 saturated heterocycles. The maximum atomic E-state index is 10.2. The maximum Gasteiger partial charge on any atom is 0.165 e. The highest BCUT2D eigenvalue weighted by atomic mass is 79.9. The third kappa shape index (κ3) is 3.59. The average molecular weight is 393 g/mol. The number of aliphatic hydroxyl groups excluding tert-OH is 1. The smallest absolute Gasteiger partial charge is 0.165 e. The Morgan fingerprint density at radius 1 is 1.50 bits per heavy atom. The predicted octanol–water partition coefficient (Wildman–Crippen LogP) is 2.80. The van der Waals surface area contributed by atoms with E-state index in [1.54, 1.807) is 7.11 Å². The molecule has 0 spiro atoms. The molecular weight excluding hydrogens is 372 g/mol. The minimum atomic E-state index is -0.530. The van der Waals surface area contributed by atoms with Crippen molar-refractivity contribution in [1.82, 2.24) is 4.90 Å². The summed E-state index contributed by atoms with van der Waals surface area (Å²) >= 11 is 3.66. The molecule has 24 heavy (non-hydrogen) atoms. The molecule has 0 aliphatic carbocycles. The molecule has 128 valence electrons. The molecule has 2 aliphatic rings. The molecule has 1 N–H and O–H groups in total. The molecule has 2 heterocycles. The standard InChI is InChI=1S/C18H21BrN2O3/c1-23-17-10-16(19)15-11-21(7-3-5-20)6-2-4-12(22)8-13-9-14(15)18(17)24-13/h2,4,10,12-13,22H,3,6-9,11H2,1H3/b4-2+/t12-,13?/m0/s1. The molecule has 1 aromatic carbocycles. The quantitative estimate of drug-likeness (QED) is 0.801. The Hall–Kier alpha value is -1.55. The number of hydrogen-bond acceptors (Lipinski definition) is 5. The molecule has 2 aliphatic heterocycles. The molecule has 5 nitrogen and oxygen atoms in total. The van der Waals surface area contributed by atoms with Gasteiger partial charge in [0.05, 0.1) is 19.3 Å². The van der Waals surface area contributed by atoms with E-state index in [9.17, 15) is 5.11 Å². The van der Waals surface area contributed by atoms with Crippen LogP contribution in [0.4, 0.5) is 0 Å². The van der Waals surface area contributed by atoms with Crippen LogP contribution in [-0.4, -0.2) is 42.4 Å². The lowest BCUT2D eigenvalue weighted by Crippen LogP contribution is -2.25. The molecule has 0 fully saturated rings. The van der Waals surface area contributed by atoms with Gasteiger partial charge in [0.2, 0.25) is 0 Å². The van der Waals surface area contributed by atoms with Crippen LogP contribution in [0.25, 0.3) is 0 Å². The number of nitrogens with zero attached hydrogens (tertiary/aromatic N) is 2. The van der Waals surface area contributed by atoms with Crippen LogP contribution in [0.1, 0.15) is 24.0 Å². The molecule has 0 saturated carbocycles. The van der Waals surface area contributed by atoms with Crippen molar-refractivity contribution in [2.75, 3.05) is 20.2 Å². The van der Waals surface area contributed by atoms with Crippen LogP contribution in [0.2, 0.25) is 0 Å². The summed E-state index contributed by atoms with van der Waals surface area (Å²) in [6.07, 6.45) is 5.02. The zero-order valence-electron chi connectivity index (χ0n) is 13.7. The molecule has 1 aromatic rings. The van der Waals surface area contributed by atoms with Crippen molar-refractivity contribution >= 4 is 15.9 Å². The van der Waals surface area contributed by atoms with Crippen molar-refractivity contribution in [3.63, 3.8) is 0 Å². The molecule has 0 radical (unpaired) electrons. The van der Waals surface area contributed by atoms with E-state index in [0.29, 0.717) is 31.7 Å². The van der Waals surface area contributed by atoms with Gasteiger partial charge in [-0.25, -0.2) is 0 Å². The predicted molar refractivity (Wildman–Crippen MR) is 94.1 cm³/mol. The van der Waals surface area contributed by atoms with Crippen molar-refractivity contribution in [1.29, 1.82) is 5.26 Å². The van der Waals surface area contributed by atoms with Crippen molar-refractivity contribution in [2.45, 2.75) is 38.0 Å². The Morgan fingerprint density at radius 2 is 2.33 bits per heavy atom. The van der Waals surface area contributed by atoms with E-state index in [1.165, 1.54) is 5.56 Å². The van der Waals surface area contributed by atoms with E-state index in [0.717, 1.165) is 28.8 Å². The Labute approximate surface area is 150 Å². The Kier molecular flexibility index (Phi) is 5.44. The van der Waals surface area contributed by atoms with Gasteiger partial charge in [-0.1, -0.05) is 28.1 Å². The van der Waals surface area contributed by atoms with Crippen LogP contribution < -0.4 is 9.47 Å². The lowest BCUT2D eigenvalue weighted by Gasteiger charge is -2.22. The van der Waals surface area contributed by atoms with Crippen molar-refractivity contribution < 1.29 is 14.6 Å². The van der Waals surface area contributed by atoms with Crippen LogP contribution >= 0.6 is 15.9 Å². The van der Waals surface area contributed by atoms with E-state index in [4.69, 9.17) is 14.7 Å². The Morgan fingerprint density at radius 3 is 3.08 bits per heavy atom. The van der Waals surface area contributed by atoms with Gasteiger partial charge in [0.25, 0.3) is 0 Å². The third-order valence-corrected chi connectivity index (χ3v) is 5.20. The number of methoxy groups -OCH3 is 1. The Balaban J connectivity index is 2.00. The second-order valence-electron chi connectivity index (χ2n) is 6.17. The molecule has 3 rings (SSSR count). The number of fused-ring (bicyclic) bond motifs is 1. The van der Waals surface area contributed by atoms with Crippen LogP contribution in [0, 0.1) is 11.3 Å². The fourth-order valence-corrected chi connectivity index (χ4v) is 3.89. The zero-order valence-corrected chi connectivity index (χ0v) is 15.3. The first kappa shape index (κ1) is 17.3. The first-order valence-corrected chi connectivity index (χ1v) is 8.90. The summed E-state index contributed by atoms with van der Waals surface area (Å²) in [5.74, 6) is 1.51. The number of halogens is 1. The summed E-state index contributed by atoms with van der Waals surface area (Å²) in [7, 11) is 1.64. The molecule has 0 aromatic heterocycles. The van der Waals surface area contributed by atoms with Crippen LogP contribution in [0.15, 0.2) is 22.7 Å². The van der Waals surface area contributed by atoms with Gasteiger partial charge in [-0.05, 0) is 11.6 Å². The number of nitriles is 1. The van der Waals surface area contributed by atoms with E-state index >= 15 is 0 Å². The summed E-state index contributed by atoms with van der Waals surface area (Å²) in [5.41, 5.74) is 2.32. The average Bonchev–Trinajstić information content (AvgIpc) is 2.95. The van der Waals surface area contributed by atoms with Gasteiger partial charge < -0.3 is 14.6 Å². The van der Waals surface area contributed by atoms with Crippen LogP contribution in [0.5, 0.6) is 11.5 Å². The number of benzene rings is 1. The van der Waals surface area contributed by atoms with E-state index in [2.05, 4.69) is 26.9 Å². The first-order chi connectivity index (χ1) is 11.6. The highest BCUT2D eigenvalue weighted by molar-refractivity contribution is 9.10. The minimum absolute atomic E-state index is 0.0488. The number of hydrogen-bond donors (Lipinski definition) is 1. The van der Waals surface area contributed by atoms with Crippen molar-refractivity contribution in [2.24, 2.45) is 0 Å². The van der Waals surface area contributed by atoms with Crippen LogP contribution in [-0.2, 0) is 13.0 Å². The van der Waals surface area contributed by atoms with E-state index in [-0.39, 0.29) is 6.10 Å². The van der Waals surface area contributed by atoms with Gasteiger partial charge in [-0.15, -0.1) is 0 Å². The van der Waals surface area contributed by atoms with Gasteiger partial charge >= 0.3 is 0 Å². The van der Waals surface area contributed by atoms with Gasteiger partial charge in [0, 0.05) is 48.9 Å². The fraction of sp³-hybridized carbons (Fsp3) is 0.500. The van der Waals surface area contributed by atoms with Gasteiger partial charge in [0.1, 0.15) is 6.10 Å². The minimum Gasteiger partial charge on any atom is -0.493 e. The Bertz CT molecular complexity index is 684. The monoisotopic (exact) mass is 392 g/mol. The fourth-order valence-electron chi connectivity index (χ4n) is 3.31. The molecule has 0 amide bonds. The lowest BCUT2D eigenvalue weighted by atomic mass is 10.00. The zero-order chi connectivity index (χ0) is 17.1. The summed E-state index contributed by atoms with van der Waals surface area (Å²) in [4.78, 5) is 2.21.